The zero-order valence-electron chi connectivity index (χ0n) is 8.21. The van der Waals surface area contributed by atoms with Gasteiger partial charge < -0.3 is 10.2 Å². The average molecular weight is 330 g/mol. The van der Waals surface area contributed by atoms with Gasteiger partial charge in [0.05, 0.1) is 6.10 Å². The van der Waals surface area contributed by atoms with Crippen LogP contribution in [-0.4, -0.2) is 30.1 Å². The maximum Gasteiger partial charge on any atom is 0.247 e. The van der Waals surface area contributed by atoms with Crippen molar-refractivity contribution in [2.75, 3.05) is 5.33 Å². The predicted molar refractivity (Wildman–Crippen MR) is 65.1 cm³/mol. The summed E-state index contributed by atoms with van der Waals surface area (Å²) in [5.41, 5.74) is 0. The van der Waals surface area contributed by atoms with Crippen molar-refractivity contribution in [2.45, 2.75) is 22.8 Å². The molecule has 0 aliphatic heterocycles. The Kier molecular flexibility index (Phi) is 4.89. The van der Waals surface area contributed by atoms with Gasteiger partial charge in [0, 0.05) is 10.2 Å². The third kappa shape index (κ3) is 3.51. The lowest BCUT2D eigenvalue weighted by Gasteiger charge is -2.14. The van der Waals surface area contributed by atoms with E-state index in [0.717, 1.165) is 11.3 Å². The van der Waals surface area contributed by atoms with Gasteiger partial charge in [-0.2, -0.15) is 0 Å². The summed E-state index contributed by atoms with van der Waals surface area (Å²) in [6.07, 6.45) is -1.63. The van der Waals surface area contributed by atoms with Crippen LogP contribution in [-0.2, 0) is 10.0 Å². The summed E-state index contributed by atoms with van der Waals surface area (Å²) >= 11 is 4.01. The summed E-state index contributed by atoms with van der Waals surface area (Å²) in [5.74, 6) is 0. The highest BCUT2D eigenvalue weighted by Crippen LogP contribution is 2.28. The first-order chi connectivity index (χ1) is 7.36. The van der Waals surface area contributed by atoms with Gasteiger partial charge in [0.25, 0.3) is 0 Å². The summed E-state index contributed by atoms with van der Waals surface area (Å²) in [6, 6.07) is 2.77. The number of aliphatic hydroxyl groups excluding tert-OH is 2. The molecule has 0 amide bonds. The van der Waals surface area contributed by atoms with E-state index in [0.29, 0.717) is 16.6 Å². The van der Waals surface area contributed by atoms with Gasteiger partial charge in [0.2, 0.25) is 10.0 Å². The van der Waals surface area contributed by atoms with E-state index in [4.69, 9.17) is 5.14 Å². The molecule has 8 heteroatoms. The second-order valence-corrected chi connectivity index (χ2v) is 6.89. The van der Waals surface area contributed by atoms with Gasteiger partial charge in [-0.05, 0) is 18.6 Å². The van der Waals surface area contributed by atoms with Crippen LogP contribution in [0, 0.1) is 0 Å². The number of primary sulfonamides is 1. The van der Waals surface area contributed by atoms with Crippen molar-refractivity contribution in [1.29, 1.82) is 0 Å². The number of sulfonamides is 1. The molecule has 0 spiro atoms. The summed E-state index contributed by atoms with van der Waals surface area (Å²) in [4.78, 5) is 0.387. The normalized spacial score (nSPS) is 16.0. The third-order valence-electron chi connectivity index (χ3n) is 1.94. The molecule has 1 aromatic heterocycles. The highest BCUT2D eigenvalue weighted by atomic mass is 79.9. The van der Waals surface area contributed by atoms with Crippen molar-refractivity contribution in [2.24, 2.45) is 5.14 Å². The fourth-order valence-corrected chi connectivity index (χ4v) is 3.37. The molecule has 2 unspecified atom stereocenters. The van der Waals surface area contributed by atoms with E-state index in [1.54, 1.807) is 0 Å². The van der Waals surface area contributed by atoms with Crippen LogP contribution in [0.25, 0.3) is 0 Å². The lowest BCUT2D eigenvalue weighted by Crippen LogP contribution is -2.17. The Hall–Kier alpha value is 0.01000. The topological polar surface area (TPSA) is 101 Å². The number of alkyl halides is 1. The van der Waals surface area contributed by atoms with Crippen LogP contribution in [0.1, 0.15) is 17.4 Å². The Balaban J connectivity index is 2.86. The van der Waals surface area contributed by atoms with Gasteiger partial charge in [0.15, 0.2) is 0 Å². The van der Waals surface area contributed by atoms with Crippen LogP contribution in [0.3, 0.4) is 0 Å². The minimum absolute atomic E-state index is 0.0207. The smallest absolute Gasteiger partial charge is 0.247 e. The number of nitrogens with two attached hydrogens (primary N) is 1. The number of halogens is 1. The summed E-state index contributed by atoms with van der Waals surface area (Å²) in [6.45, 7) is 0. The molecule has 1 aromatic rings. The first-order valence-corrected chi connectivity index (χ1v) is 7.89. The van der Waals surface area contributed by atoms with Gasteiger partial charge in [-0.3, -0.25) is 0 Å². The lowest BCUT2D eigenvalue weighted by atomic mass is 10.1. The molecule has 16 heavy (non-hydrogen) atoms. The number of hydrogen-bond acceptors (Lipinski definition) is 5. The zero-order chi connectivity index (χ0) is 12.3. The minimum atomic E-state index is -3.74. The monoisotopic (exact) mass is 329 g/mol. The highest BCUT2D eigenvalue weighted by molar-refractivity contribution is 9.09. The standard InChI is InChI=1S/C8H12BrNO4S2/c9-4-3-5(11)8(12)6-1-2-7(15-6)16(10,13)14/h1-2,5,8,11-12H,3-4H2,(H2,10,13,14). The summed E-state index contributed by atoms with van der Waals surface area (Å²) in [5, 5.41) is 24.7. The molecule has 0 saturated heterocycles. The Morgan fingerprint density at radius 3 is 2.50 bits per heavy atom. The fraction of sp³-hybridized carbons (Fsp3) is 0.500. The van der Waals surface area contributed by atoms with Crippen LogP contribution in [0.4, 0.5) is 0 Å². The fourth-order valence-electron chi connectivity index (χ4n) is 1.11. The Morgan fingerprint density at radius 2 is 2.06 bits per heavy atom. The second-order valence-electron chi connectivity index (χ2n) is 3.19. The van der Waals surface area contributed by atoms with E-state index >= 15 is 0 Å². The molecule has 5 nitrogen and oxygen atoms in total. The van der Waals surface area contributed by atoms with Gasteiger partial charge in [-0.25, -0.2) is 13.6 Å². The summed E-state index contributed by atoms with van der Waals surface area (Å²) in [7, 11) is -3.74. The number of hydrogen-bond donors (Lipinski definition) is 3. The Labute approximate surface area is 106 Å². The molecule has 0 radical (unpaired) electrons. The van der Waals surface area contributed by atoms with E-state index in [-0.39, 0.29) is 4.21 Å². The van der Waals surface area contributed by atoms with E-state index < -0.39 is 22.2 Å². The highest BCUT2D eigenvalue weighted by Gasteiger charge is 2.21. The summed E-state index contributed by atoms with van der Waals surface area (Å²) < 4.78 is 22.0. The van der Waals surface area contributed by atoms with Crippen molar-refractivity contribution in [3.05, 3.63) is 17.0 Å². The van der Waals surface area contributed by atoms with Crippen molar-refractivity contribution < 1.29 is 18.6 Å². The molecule has 0 aromatic carbocycles. The molecule has 0 aliphatic carbocycles. The van der Waals surface area contributed by atoms with Gasteiger partial charge in [-0.15, -0.1) is 11.3 Å². The van der Waals surface area contributed by atoms with Gasteiger partial charge in [0.1, 0.15) is 10.3 Å². The van der Waals surface area contributed by atoms with Crippen molar-refractivity contribution >= 4 is 37.3 Å². The molecule has 1 heterocycles. The molecule has 2 atom stereocenters. The van der Waals surface area contributed by atoms with Crippen LogP contribution in [0.15, 0.2) is 16.3 Å². The van der Waals surface area contributed by atoms with Crippen molar-refractivity contribution in [1.82, 2.24) is 0 Å². The van der Waals surface area contributed by atoms with Crippen LogP contribution < -0.4 is 5.14 Å². The van der Waals surface area contributed by atoms with Crippen LogP contribution >= 0.6 is 27.3 Å². The minimum Gasteiger partial charge on any atom is -0.390 e. The zero-order valence-corrected chi connectivity index (χ0v) is 11.4. The SMILES string of the molecule is NS(=O)(=O)c1ccc(C(O)C(O)CCBr)s1. The first-order valence-electron chi connectivity index (χ1n) is 4.41. The molecular formula is C8H12BrNO4S2. The molecule has 1 rings (SSSR count). The first kappa shape index (κ1) is 14.1. The maximum absolute atomic E-state index is 11.0. The maximum atomic E-state index is 11.0. The van der Waals surface area contributed by atoms with Gasteiger partial charge >= 0.3 is 0 Å². The number of aliphatic hydroxyl groups is 2. The second kappa shape index (κ2) is 5.56. The molecule has 4 N–H and O–H groups in total. The average Bonchev–Trinajstić information content (AvgIpc) is 2.65. The Morgan fingerprint density at radius 1 is 1.44 bits per heavy atom. The lowest BCUT2D eigenvalue weighted by molar-refractivity contribution is 0.0195. The largest absolute Gasteiger partial charge is 0.390 e. The van der Waals surface area contributed by atoms with Crippen molar-refractivity contribution in [3.8, 4) is 0 Å². The molecular weight excluding hydrogens is 318 g/mol. The van der Waals surface area contributed by atoms with E-state index in [2.05, 4.69) is 15.9 Å². The molecule has 0 saturated carbocycles. The van der Waals surface area contributed by atoms with Crippen molar-refractivity contribution in [3.63, 3.8) is 0 Å². The predicted octanol–water partition coefficient (Wildman–Crippen LogP) is 0.575. The molecule has 0 bridgehead atoms. The molecule has 0 fully saturated rings. The van der Waals surface area contributed by atoms with Crippen LogP contribution in [0.2, 0.25) is 0 Å². The van der Waals surface area contributed by atoms with Crippen LogP contribution in [0.5, 0.6) is 0 Å². The molecule has 0 aliphatic rings. The quantitative estimate of drug-likeness (QED) is 0.687. The Bertz CT molecular complexity index is 445. The van der Waals surface area contributed by atoms with E-state index in [1.807, 2.05) is 0 Å². The number of rotatable bonds is 5. The third-order valence-corrected chi connectivity index (χ3v) is 5.00. The van der Waals surface area contributed by atoms with E-state index in [1.165, 1.54) is 12.1 Å². The van der Waals surface area contributed by atoms with Gasteiger partial charge in [-0.1, -0.05) is 15.9 Å². The van der Waals surface area contributed by atoms with E-state index in [9.17, 15) is 18.6 Å². The number of thiophene rings is 1. The molecule has 92 valence electrons.